The number of rotatable bonds is 2. The van der Waals surface area contributed by atoms with Gasteiger partial charge in [-0.3, -0.25) is 18.7 Å². The molecule has 1 aliphatic rings. The number of Topliss-reactive ketones (excluding diaryl/α,β-unsaturated/α-hetero) is 1. The van der Waals surface area contributed by atoms with E-state index in [-0.39, 0.29) is 33.0 Å². The lowest BCUT2D eigenvalue weighted by Crippen LogP contribution is -2.37. The Labute approximate surface area is 147 Å². The first kappa shape index (κ1) is 17.5. The summed E-state index contributed by atoms with van der Waals surface area (Å²) < 4.78 is 3.86. The normalized spacial score (nSPS) is 17.6. The van der Waals surface area contributed by atoms with Crippen LogP contribution in [-0.2, 0) is 25.9 Å². The molecule has 8 nitrogen and oxygen atoms in total. The number of allylic oxidation sites excluding steroid dienone is 2. The number of hydrogen-bond donors (Lipinski definition) is 1. The quantitative estimate of drug-likeness (QED) is 0.860. The number of imidazole rings is 1. The van der Waals surface area contributed by atoms with E-state index in [1.807, 2.05) is 13.8 Å². The third-order valence-corrected chi connectivity index (χ3v) is 5.64. The zero-order chi connectivity index (χ0) is 18.7. The van der Waals surface area contributed by atoms with E-state index in [0.717, 1.165) is 16.3 Å². The Kier molecular flexibility index (Phi) is 3.94. The summed E-state index contributed by atoms with van der Waals surface area (Å²) in [5, 5.41) is 10.7. The summed E-state index contributed by atoms with van der Waals surface area (Å²) >= 11 is 1.03. The van der Waals surface area contributed by atoms with Crippen molar-refractivity contribution in [2.24, 2.45) is 26.6 Å². The molecule has 0 aliphatic heterocycles. The van der Waals surface area contributed by atoms with Crippen LogP contribution in [0.3, 0.4) is 0 Å². The number of nitrogens with zero attached hydrogens (tertiary/aromatic N) is 4. The molecule has 0 bridgehead atoms. The second kappa shape index (κ2) is 5.62. The highest BCUT2D eigenvalue weighted by atomic mass is 32.2. The first-order valence-electron chi connectivity index (χ1n) is 7.79. The summed E-state index contributed by atoms with van der Waals surface area (Å²) in [4.78, 5) is 41.4. The number of aryl methyl sites for hydroxylation is 2. The van der Waals surface area contributed by atoms with Crippen LogP contribution >= 0.6 is 11.8 Å². The van der Waals surface area contributed by atoms with Crippen molar-refractivity contribution >= 4 is 28.7 Å². The molecule has 0 amide bonds. The van der Waals surface area contributed by atoms with Crippen LogP contribution in [0.4, 0.5) is 0 Å². The second-order valence-corrected chi connectivity index (χ2v) is 8.13. The molecule has 0 unspecified atom stereocenters. The average Bonchev–Trinajstić information content (AvgIpc) is 2.83. The fraction of sp³-hybridized carbons (Fsp3) is 0.500. The first-order valence-corrected chi connectivity index (χ1v) is 8.61. The standard InChI is InChI=1S/C16H20N4O4S/c1-16(2)6-8(21)11(9(22)7-16)25-14-17-12-10(18(14)3)13(23)20(5)15(24)19(12)4/h21H,6-7H2,1-5H3. The maximum Gasteiger partial charge on any atom is 0.332 e. The lowest BCUT2D eigenvalue weighted by molar-refractivity contribution is -0.117. The minimum Gasteiger partial charge on any atom is -0.511 e. The van der Waals surface area contributed by atoms with E-state index in [9.17, 15) is 19.5 Å². The Morgan fingerprint density at radius 2 is 1.68 bits per heavy atom. The van der Waals surface area contributed by atoms with Crippen LogP contribution < -0.4 is 11.2 Å². The zero-order valence-corrected chi connectivity index (χ0v) is 15.6. The lowest BCUT2D eigenvalue weighted by Gasteiger charge is -2.28. The number of aliphatic hydroxyl groups is 1. The van der Waals surface area contributed by atoms with Gasteiger partial charge in [-0.05, 0) is 17.2 Å². The Bertz CT molecular complexity index is 1050. The van der Waals surface area contributed by atoms with Crippen molar-refractivity contribution in [2.45, 2.75) is 31.8 Å². The maximum absolute atomic E-state index is 12.4. The molecule has 0 fully saturated rings. The van der Waals surface area contributed by atoms with Gasteiger partial charge in [-0.15, -0.1) is 0 Å². The second-order valence-electron chi connectivity index (χ2n) is 7.15. The van der Waals surface area contributed by atoms with Gasteiger partial charge in [0.2, 0.25) is 0 Å². The lowest BCUT2D eigenvalue weighted by atomic mass is 9.79. The van der Waals surface area contributed by atoms with Crippen LogP contribution in [0.5, 0.6) is 0 Å². The minimum absolute atomic E-state index is 0.0418. The number of aromatic nitrogens is 4. The molecular weight excluding hydrogens is 344 g/mol. The number of fused-ring (bicyclic) bond motifs is 1. The van der Waals surface area contributed by atoms with E-state index in [1.165, 1.54) is 18.7 Å². The van der Waals surface area contributed by atoms with Gasteiger partial charge in [0.15, 0.2) is 22.1 Å². The molecular formula is C16H20N4O4S. The average molecular weight is 364 g/mol. The minimum atomic E-state index is -0.468. The Balaban J connectivity index is 2.16. The summed E-state index contributed by atoms with van der Waals surface area (Å²) in [7, 11) is 4.60. The molecule has 25 heavy (non-hydrogen) atoms. The maximum atomic E-state index is 12.4. The smallest absolute Gasteiger partial charge is 0.332 e. The van der Waals surface area contributed by atoms with Gasteiger partial charge in [0.05, 0.1) is 4.91 Å². The van der Waals surface area contributed by atoms with Crippen LogP contribution in [0.25, 0.3) is 11.2 Å². The molecule has 2 heterocycles. The molecule has 0 aromatic carbocycles. The van der Waals surface area contributed by atoms with Gasteiger partial charge in [-0.1, -0.05) is 13.8 Å². The van der Waals surface area contributed by atoms with Gasteiger partial charge < -0.3 is 9.67 Å². The van der Waals surface area contributed by atoms with Gasteiger partial charge in [-0.25, -0.2) is 9.78 Å². The fourth-order valence-corrected chi connectivity index (χ4v) is 3.99. The van der Waals surface area contributed by atoms with Crippen molar-refractivity contribution in [2.75, 3.05) is 0 Å². The van der Waals surface area contributed by atoms with E-state index in [1.54, 1.807) is 11.6 Å². The summed E-state index contributed by atoms with van der Waals surface area (Å²) in [6.45, 7) is 3.86. The third kappa shape index (κ3) is 2.72. The van der Waals surface area contributed by atoms with Crippen LogP contribution in [0.1, 0.15) is 26.7 Å². The predicted octanol–water partition coefficient (Wildman–Crippen LogP) is 1.22. The van der Waals surface area contributed by atoms with Crippen LogP contribution in [0, 0.1) is 5.41 Å². The van der Waals surface area contributed by atoms with Crippen LogP contribution in [0.15, 0.2) is 25.4 Å². The number of hydrogen-bond acceptors (Lipinski definition) is 6. The van der Waals surface area contributed by atoms with Crippen LogP contribution in [-0.4, -0.2) is 29.6 Å². The highest BCUT2D eigenvalue weighted by Gasteiger charge is 2.34. The fourth-order valence-electron chi connectivity index (χ4n) is 3.07. The van der Waals surface area contributed by atoms with E-state index in [2.05, 4.69) is 4.98 Å². The summed E-state index contributed by atoms with van der Waals surface area (Å²) in [5.74, 6) is -0.104. The number of carbonyl (C=O) groups is 1. The highest BCUT2D eigenvalue weighted by Crippen LogP contribution is 2.41. The Hall–Kier alpha value is -2.29. The third-order valence-electron chi connectivity index (χ3n) is 4.43. The molecule has 134 valence electrons. The van der Waals surface area contributed by atoms with Crippen molar-refractivity contribution in [3.8, 4) is 0 Å². The van der Waals surface area contributed by atoms with Crippen molar-refractivity contribution < 1.29 is 9.90 Å². The molecule has 0 atom stereocenters. The van der Waals surface area contributed by atoms with Gasteiger partial charge in [0, 0.05) is 34.0 Å². The van der Waals surface area contributed by atoms with E-state index >= 15 is 0 Å². The highest BCUT2D eigenvalue weighted by molar-refractivity contribution is 8.03. The van der Waals surface area contributed by atoms with Gasteiger partial charge in [-0.2, -0.15) is 0 Å². The number of aliphatic hydroxyl groups excluding tert-OH is 1. The predicted molar refractivity (Wildman–Crippen MR) is 94.7 cm³/mol. The largest absolute Gasteiger partial charge is 0.511 e. The van der Waals surface area contributed by atoms with Gasteiger partial charge in [0.1, 0.15) is 5.76 Å². The molecule has 2 aromatic heterocycles. The summed E-state index contributed by atoms with van der Waals surface area (Å²) in [6, 6.07) is 0. The number of ketones is 1. The molecule has 1 N–H and O–H groups in total. The van der Waals surface area contributed by atoms with Crippen molar-refractivity contribution in [3.63, 3.8) is 0 Å². The molecule has 3 rings (SSSR count). The van der Waals surface area contributed by atoms with E-state index < -0.39 is 11.2 Å². The Morgan fingerprint density at radius 3 is 2.28 bits per heavy atom. The monoisotopic (exact) mass is 364 g/mol. The summed E-state index contributed by atoms with van der Waals surface area (Å²) in [5.41, 5.74) is -0.672. The van der Waals surface area contributed by atoms with Crippen molar-refractivity contribution in [1.29, 1.82) is 0 Å². The molecule has 2 aromatic rings. The van der Waals surface area contributed by atoms with Crippen molar-refractivity contribution in [3.05, 3.63) is 31.5 Å². The van der Waals surface area contributed by atoms with Crippen molar-refractivity contribution in [1.82, 2.24) is 18.7 Å². The van der Waals surface area contributed by atoms with E-state index in [0.29, 0.717) is 18.0 Å². The zero-order valence-electron chi connectivity index (χ0n) is 14.8. The van der Waals surface area contributed by atoms with Crippen LogP contribution in [0.2, 0.25) is 0 Å². The molecule has 1 aliphatic carbocycles. The first-order chi connectivity index (χ1) is 11.5. The van der Waals surface area contributed by atoms with Gasteiger partial charge in [0.25, 0.3) is 5.56 Å². The topological polar surface area (TPSA) is 99.1 Å². The molecule has 0 saturated heterocycles. The molecule has 0 spiro atoms. The Morgan fingerprint density at radius 1 is 1.04 bits per heavy atom. The molecule has 9 heteroatoms. The number of carbonyl (C=O) groups excluding carboxylic acids is 1. The SMILES string of the molecule is Cn1c(=O)c2c(nc(SC3=C(O)CC(C)(C)CC3=O)n2C)n(C)c1=O. The van der Waals surface area contributed by atoms with E-state index in [4.69, 9.17) is 0 Å². The summed E-state index contributed by atoms with van der Waals surface area (Å²) in [6.07, 6.45) is 0.745. The number of thioether (sulfide) groups is 1. The van der Waals surface area contributed by atoms with Gasteiger partial charge >= 0.3 is 5.69 Å². The molecule has 0 radical (unpaired) electrons. The molecule has 0 saturated carbocycles.